The van der Waals surface area contributed by atoms with Gasteiger partial charge in [-0.15, -0.1) is 0 Å². The average Bonchev–Trinajstić information content (AvgIpc) is 2.61. The van der Waals surface area contributed by atoms with E-state index in [0.717, 1.165) is 12.1 Å². The second-order valence-electron chi connectivity index (χ2n) is 5.41. The Hall–Kier alpha value is -3.06. The first-order valence-corrected chi connectivity index (χ1v) is 7.90. The zero-order valence-electron chi connectivity index (χ0n) is 13.2. The van der Waals surface area contributed by atoms with Gasteiger partial charge in [0.25, 0.3) is 5.56 Å². The van der Waals surface area contributed by atoms with Crippen LogP contribution in [0.1, 0.15) is 5.56 Å². The Morgan fingerprint density at radius 3 is 2.38 bits per heavy atom. The van der Waals surface area contributed by atoms with Crippen LogP contribution in [0.25, 0.3) is 11.4 Å². The van der Waals surface area contributed by atoms with Gasteiger partial charge in [-0.3, -0.25) is 9.59 Å². The molecule has 0 aliphatic rings. The molecule has 1 aromatic heterocycles. The molecular formula is C18H12ClF2N3O2. The van der Waals surface area contributed by atoms with Gasteiger partial charge < -0.3 is 10.3 Å². The Balaban J connectivity index is 1.77. The van der Waals surface area contributed by atoms with Crippen LogP contribution in [-0.2, 0) is 11.2 Å². The first kappa shape index (κ1) is 17.8. The molecule has 1 heterocycles. The second kappa shape index (κ2) is 7.45. The number of rotatable bonds is 4. The van der Waals surface area contributed by atoms with Crippen LogP contribution in [0.2, 0.25) is 5.02 Å². The van der Waals surface area contributed by atoms with Gasteiger partial charge in [0, 0.05) is 22.3 Å². The zero-order valence-corrected chi connectivity index (χ0v) is 14.0. The molecule has 0 saturated heterocycles. The third-order valence-electron chi connectivity index (χ3n) is 3.57. The van der Waals surface area contributed by atoms with Crippen LogP contribution >= 0.6 is 11.6 Å². The number of carbonyl (C=O) groups excluding carboxylic acids is 1. The molecule has 132 valence electrons. The van der Waals surface area contributed by atoms with Crippen molar-refractivity contribution < 1.29 is 13.6 Å². The number of aromatic amines is 1. The molecule has 3 rings (SSSR count). The van der Waals surface area contributed by atoms with Crippen molar-refractivity contribution in [3.63, 3.8) is 0 Å². The van der Waals surface area contributed by atoms with Crippen molar-refractivity contribution in [1.29, 1.82) is 0 Å². The number of nitrogens with one attached hydrogen (secondary N) is 2. The van der Waals surface area contributed by atoms with Crippen LogP contribution in [0.3, 0.4) is 0 Å². The number of amides is 1. The maximum atomic E-state index is 13.6. The molecule has 5 nitrogen and oxygen atoms in total. The summed E-state index contributed by atoms with van der Waals surface area (Å²) in [6, 6.07) is 9.91. The summed E-state index contributed by atoms with van der Waals surface area (Å²) < 4.78 is 27.1. The maximum absolute atomic E-state index is 13.6. The highest BCUT2D eigenvalue weighted by molar-refractivity contribution is 6.30. The monoisotopic (exact) mass is 375 g/mol. The molecular weight excluding hydrogens is 364 g/mol. The SMILES string of the molecule is O=C(Cc1cnc(-c2ccc(Cl)cc2)[nH]c1=O)Nc1c(F)cccc1F. The highest BCUT2D eigenvalue weighted by Gasteiger charge is 2.14. The topological polar surface area (TPSA) is 74.8 Å². The van der Waals surface area contributed by atoms with Crippen molar-refractivity contribution in [2.45, 2.75) is 6.42 Å². The molecule has 0 aliphatic heterocycles. The lowest BCUT2D eigenvalue weighted by atomic mass is 10.2. The molecule has 0 aliphatic carbocycles. The molecule has 2 aromatic carbocycles. The largest absolute Gasteiger partial charge is 0.321 e. The highest BCUT2D eigenvalue weighted by Crippen LogP contribution is 2.19. The number of anilines is 1. The molecule has 8 heteroatoms. The van der Waals surface area contributed by atoms with Gasteiger partial charge in [-0.2, -0.15) is 0 Å². The van der Waals surface area contributed by atoms with Crippen LogP contribution in [0.15, 0.2) is 53.5 Å². The number of carbonyl (C=O) groups is 1. The molecule has 0 fully saturated rings. The predicted octanol–water partition coefficient (Wildman–Crippen LogP) is 3.55. The molecule has 2 N–H and O–H groups in total. The normalized spacial score (nSPS) is 10.6. The van der Waals surface area contributed by atoms with E-state index in [-0.39, 0.29) is 12.0 Å². The number of para-hydroxylation sites is 1. The minimum Gasteiger partial charge on any atom is -0.321 e. The van der Waals surface area contributed by atoms with Crippen molar-refractivity contribution >= 4 is 23.2 Å². The zero-order chi connectivity index (χ0) is 18.7. The lowest BCUT2D eigenvalue weighted by Gasteiger charge is -2.07. The number of hydrogen-bond donors (Lipinski definition) is 2. The minimum absolute atomic E-state index is 0.0666. The van der Waals surface area contributed by atoms with E-state index >= 15 is 0 Å². The first-order chi connectivity index (χ1) is 12.4. The van der Waals surface area contributed by atoms with Gasteiger partial charge in [0.15, 0.2) is 0 Å². The van der Waals surface area contributed by atoms with E-state index in [9.17, 15) is 18.4 Å². The summed E-state index contributed by atoms with van der Waals surface area (Å²) in [5.74, 6) is -2.22. The van der Waals surface area contributed by atoms with Crippen LogP contribution in [0.5, 0.6) is 0 Å². The second-order valence-corrected chi connectivity index (χ2v) is 5.85. The van der Waals surface area contributed by atoms with Crippen LogP contribution in [0, 0.1) is 11.6 Å². The average molecular weight is 376 g/mol. The lowest BCUT2D eigenvalue weighted by molar-refractivity contribution is -0.115. The fourth-order valence-electron chi connectivity index (χ4n) is 2.28. The molecule has 0 radical (unpaired) electrons. The number of nitrogens with zero attached hydrogens (tertiary/aromatic N) is 1. The van der Waals surface area contributed by atoms with Gasteiger partial charge in [0.2, 0.25) is 5.91 Å². The summed E-state index contributed by atoms with van der Waals surface area (Å²) in [6.07, 6.45) is 0.872. The number of benzene rings is 2. The van der Waals surface area contributed by atoms with Crippen LogP contribution < -0.4 is 10.9 Å². The van der Waals surface area contributed by atoms with Gasteiger partial charge in [-0.25, -0.2) is 13.8 Å². The third kappa shape index (κ3) is 3.94. The van der Waals surface area contributed by atoms with Gasteiger partial charge in [0.05, 0.1) is 6.42 Å². The summed E-state index contributed by atoms with van der Waals surface area (Å²) in [6.45, 7) is 0. The van der Waals surface area contributed by atoms with Crippen molar-refractivity contribution in [2.24, 2.45) is 0 Å². The summed E-state index contributed by atoms with van der Waals surface area (Å²) in [4.78, 5) is 30.8. The van der Waals surface area contributed by atoms with Crippen molar-refractivity contribution in [3.8, 4) is 11.4 Å². The molecule has 0 saturated carbocycles. The van der Waals surface area contributed by atoms with Gasteiger partial charge in [0.1, 0.15) is 23.1 Å². The summed E-state index contributed by atoms with van der Waals surface area (Å²) in [5, 5.41) is 2.67. The molecule has 26 heavy (non-hydrogen) atoms. The predicted molar refractivity (Wildman–Crippen MR) is 94.0 cm³/mol. The standard InChI is InChI=1S/C18H12ClF2N3O2/c19-12-6-4-10(5-7-12)17-22-9-11(18(26)24-17)8-15(25)23-16-13(20)2-1-3-14(16)21/h1-7,9H,8H2,(H,23,25)(H,22,24,26). The number of hydrogen-bond acceptors (Lipinski definition) is 3. The Morgan fingerprint density at radius 2 is 1.77 bits per heavy atom. The molecule has 1 amide bonds. The summed E-state index contributed by atoms with van der Waals surface area (Å²) >= 11 is 5.81. The van der Waals surface area contributed by atoms with E-state index in [1.54, 1.807) is 24.3 Å². The van der Waals surface area contributed by atoms with Crippen molar-refractivity contribution in [3.05, 3.63) is 81.2 Å². The van der Waals surface area contributed by atoms with Crippen LogP contribution in [-0.4, -0.2) is 15.9 Å². The van der Waals surface area contributed by atoms with Gasteiger partial charge >= 0.3 is 0 Å². The summed E-state index contributed by atoms with van der Waals surface area (Å²) in [5.41, 5.74) is -0.360. The lowest BCUT2D eigenvalue weighted by Crippen LogP contribution is -2.22. The highest BCUT2D eigenvalue weighted by atomic mass is 35.5. The number of aromatic nitrogens is 2. The van der Waals surface area contributed by atoms with E-state index in [0.29, 0.717) is 16.4 Å². The molecule has 0 atom stereocenters. The van der Waals surface area contributed by atoms with Crippen molar-refractivity contribution in [2.75, 3.05) is 5.32 Å². The molecule has 0 spiro atoms. The van der Waals surface area contributed by atoms with E-state index in [2.05, 4.69) is 15.3 Å². The van der Waals surface area contributed by atoms with Gasteiger partial charge in [-0.1, -0.05) is 17.7 Å². The van der Waals surface area contributed by atoms with Gasteiger partial charge in [-0.05, 0) is 36.4 Å². The molecule has 0 bridgehead atoms. The fraction of sp³-hybridized carbons (Fsp3) is 0.0556. The third-order valence-corrected chi connectivity index (χ3v) is 3.82. The Labute approximate surface area is 151 Å². The minimum atomic E-state index is -0.900. The smallest absolute Gasteiger partial charge is 0.254 e. The number of H-pyrrole nitrogens is 1. The van der Waals surface area contributed by atoms with E-state index in [1.165, 1.54) is 12.3 Å². The van der Waals surface area contributed by atoms with E-state index in [4.69, 9.17) is 11.6 Å². The molecule has 0 unspecified atom stereocenters. The quantitative estimate of drug-likeness (QED) is 0.732. The van der Waals surface area contributed by atoms with E-state index in [1.807, 2.05) is 0 Å². The number of halogens is 3. The van der Waals surface area contributed by atoms with Crippen LogP contribution in [0.4, 0.5) is 14.5 Å². The first-order valence-electron chi connectivity index (χ1n) is 7.52. The Kier molecular flexibility index (Phi) is 5.09. The van der Waals surface area contributed by atoms with E-state index < -0.39 is 28.8 Å². The summed E-state index contributed by atoms with van der Waals surface area (Å²) in [7, 11) is 0. The fourth-order valence-corrected chi connectivity index (χ4v) is 2.40. The maximum Gasteiger partial charge on any atom is 0.254 e. The Morgan fingerprint density at radius 1 is 1.12 bits per heavy atom. The van der Waals surface area contributed by atoms with Crippen molar-refractivity contribution in [1.82, 2.24) is 9.97 Å². The Bertz CT molecular complexity index is 999. The molecule has 3 aromatic rings.